The van der Waals surface area contributed by atoms with E-state index in [-0.39, 0.29) is 23.2 Å². The van der Waals surface area contributed by atoms with Gasteiger partial charge >= 0.3 is 0 Å². The Hall–Kier alpha value is -1.15. The highest BCUT2D eigenvalue weighted by Gasteiger charge is 2.38. The van der Waals surface area contributed by atoms with E-state index in [2.05, 4.69) is 5.32 Å². The van der Waals surface area contributed by atoms with Gasteiger partial charge in [-0.1, -0.05) is 13.8 Å². The number of likely N-dealkylation sites (tertiary alicyclic amines) is 1. The Morgan fingerprint density at radius 2 is 1.59 bits per heavy atom. The SMILES string of the molecule is CCCN(CCC)S(=O)(=O)c1ccc(C(=O)N2C[C@H]3CNC[C@H]3C2)cc1.Cl. The summed E-state index contributed by atoms with van der Waals surface area (Å²) in [5.74, 6) is 1.10. The van der Waals surface area contributed by atoms with E-state index in [4.69, 9.17) is 0 Å². The number of hydrogen-bond donors (Lipinski definition) is 1. The van der Waals surface area contributed by atoms with Gasteiger partial charge in [-0.05, 0) is 48.9 Å². The maximum atomic E-state index is 12.8. The smallest absolute Gasteiger partial charge is 0.253 e. The molecule has 2 aliphatic rings. The minimum Gasteiger partial charge on any atom is -0.338 e. The van der Waals surface area contributed by atoms with Crippen molar-refractivity contribution in [2.24, 2.45) is 11.8 Å². The number of benzene rings is 1. The Bertz CT molecular complexity index is 721. The fraction of sp³-hybridized carbons (Fsp3) is 0.632. The number of sulfonamides is 1. The molecule has 0 unspecified atom stereocenters. The normalized spacial score (nSPS) is 22.0. The maximum absolute atomic E-state index is 12.8. The Kier molecular flexibility index (Phi) is 7.68. The third-order valence-electron chi connectivity index (χ3n) is 5.36. The van der Waals surface area contributed by atoms with E-state index in [0.717, 1.165) is 39.0 Å². The van der Waals surface area contributed by atoms with Crippen molar-refractivity contribution >= 4 is 28.3 Å². The molecule has 2 atom stereocenters. The van der Waals surface area contributed by atoms with Crippen LogP contribution in [0.25, 0.3) is 0 Å². The molecule has 0 bridgehead atoms. The predicted molar refractivity (Wildman–Crippen MR) is 109 cm³/mol. The lowest BCUT2D eigenvalue weighted by molar-refractivity contribution is 0.0781. The molecule has 2 aliphatic heterocycles. The van der Waals surface area contributed by atoms with Gasteiger partial charge in [0.05, 0.1) is 4.90 Å². The van der Waals surface area contributed by atoms with Crippen molar-refractivity contribution in [1.82, 2.24) is 14.5 Å². The van der Waals surface area contributed by atoms with Gasteiger partial charge in [-0.25, -0.2) is 8.42 Å². The number of amides is 1. The number of nitrogens with one attached hydrogen (secondary N) is 1. The highest BCUT2D eigenvalue weighted by atomic mass is 35.5. The van der Waals surface area contributed by atoms with Crippen LogP contribution in [0.5, 0.6) is 0 Å². The van der Waals surface area contributed by atoms with Gasteiger partial charge in [-0.2, -0.15) is 4.31 Å². The average molecular weight is 416 g/mol. The first-order valence-corrected chi connectivity index (χ1v) is 11.0. The third-order valence-corrected chi connectivity index (χ3v) is 7.27. The van der Waals surface area contributed by atoms with Gasteiger partial charge in [-0.3, -0.25) is 4.79 Å². The molecule has 2 fully saturated rings. The number of halogens is 1. The summed E-state index contributed by atoms with van der Waals surface area (Å²) in [6.45, 7) is 8.52. The minimum absolute atomic E-state index is 0. The average Bonchev–Trinajstić information content (AvgIpc) is 3.23. The van der Waals surface area contributed by atoms with E-state index in [1.54, 1.807) is 24.3 Å². The van der Waals surface area contributed by atoms with Gasteiger partial charge in [0.1, 0.15) is 0 Å². The second kappa shape index (κ2) is 9.37. The third kappa shape index (κ3) is 4.65. The van der Waals surface area contributed by atoms with Crippen molar-refractivity contribution in [3.63, 3.8) is 0 Å². The molecule has 0 aliphatic carbocycles. The van der Waals surface area contributed by atoms with Gasteiger partial charge < -0.3 is 10.2 Å². The monoisotopic (exact) mass is 415 g/mol. The van der Waals surface area contributed by atoms with Crippen molar-refractivity contribution in [2.75, 3.05) is 39.3 Å². The largest absolute Gasteiger partial charge is 0.338 e. The maximum Gasteiger partial charge on any atom is 0.253 e. The zero-order chi connectivity index (χ0) is 18.7. The molecule has 1 amide bonds. The summed E-state index contributed by atoms with van der Waals surface area (Å²) in [7, 11) is -3.50. The van der Waals surface area contributed by atoms with Gasteiger partial charge in [0.25, 0.3) is 5.91 Å². The molecule has 8 heteroatoms. The Labute approximate surface area is 168 Å². The summed E-state index contributed by atoms with van der Waals surface area (Å²) in [6.07, 6.45) is 1.56. The molecule has 1 N–H and O–H groups in total. The number of hydrogen-bond acceptors (Lipinski definition) is 4. The Balaban J connectivity index is 0.00000261. The van der Waals surface area contributed by atoms with Gasteiger partial charge in [0.15, 0.2) is 0 Å². The Morgan fingerprint density at radius 1 is 1.07 bits per heavy atom. The molecule has 6 nitrogen and oxygen atoms in total. The summed E-state index contributed by atoms with van der Waals surface area (Å²) >= 11 is 0. The number of carbonyl (C=O) groups excluding carboxylic acids is 1. The van der Waals surface area contributed by atoms with Crippen molar-refractivity contribution in [3.05, 3.63) is 29.8 Å². The zero-order valence-electron chi connectivity index (χ0n) is 16.1. The quantitative estimate of drug-likeness (QED) is 0.741. The summed E-state index contributed by atoms with van der Waals surface area (Å²) in [5.41, 5.74) is 0.564. The molecule has 0 spiro atoms. The topological polar surface area (TPSA) is 69.7 Å². The summed E-state index contributed by atoms with van der Waals surface area (Å²) < 4.78 is 27.1. The fourth-order valence-electron chi connectivity index (χ4n) is 3.97. The molecule has 27 heavy (non-hydrogen) atoms. The molecule has 0 saturated carbocycles. The molecular weight excluding hydrogens is 386 g/mol. The van der Waals surface area contributed by atoms with Crippen molar-refractivity contribution < 1.29 is 13.2 Å². The van der Waals surface area contributed by atoms with E-state index in [0.29, 0.717) is 30.5 Å². The summed E-state index contributed by atoms with van der Waals surface area (Å²) in [5, 5.41) is 3.37. The molecule has 0 aromatic heterocycles. The number of fused-ring (bicyclic) bond motifs is 1. The van der Waals surface area contributed by atoms with Crippen LogP contribution in [0.2, 0.25) is 0 Å². The Morgan fingerprint density at radius 3 is 2.07 bits per heavy atom. The van der Waals surface area contributed by atoms with Crippen molar-refractivity contribution in [2.45, 2.75) is 31.6 Å². The van der Waals surface area contributed by atoms with Crippen LogP contribution in [0.15, 0.2) is 29.2 Å². The van der Waals surface area contributed by atoms with Crippen LogP contribution in [0.4, 0.5) is 0 Å². The molecular formula is C19H30ClN3O3S. The minimum atomic E-state index is -3.50. The second-order valence-electron chi connectivity index (χ2n) is 7.32. The lowest BCUT2D eigenvalue weighted by Gasteiger charge is -2.21. The molecule has 0 radical (unpaired) electrons. The standard InChI is InChI=1S/C19H29N3O3S.ClH/c1-3-9-22(10-4-2)26(24,25)18-7-5-15(6-8-18)19(23)21-13-16-11-20-12-17(16)14-21;/h5-8,16-17,20H,3-4,9-14H2,1-2H3;1H/t16-,17+;. The number of carbonyl (C=O) groups is 1. The van der Waals surface area contributed by atoms with Crippen LogP contribution in [0.1, 0.15) is 37.0 Å². The summed E-state index contributed by atoms with van der Waals surface area (Å²) in [4.78, 5) is 14.9. The highest BCUT2D eigenvalue weighted by molar-refractivity contribution is 7.89. The van der Waals surface area contributed by atoms with Crippen LogP contribution in [-0.2, 0) is 10.0 Å². The first kappa shape index (κ1) is 22.1. The molecule has 152 valence electrons. The van der Waals surface area contributed by atoms with E-state index in [1.165, 1.54) is 4.31 Å². The first-order chi connectivity index (χ1) is 12.5. The fourth-order valence-corrected chi connectivity index (χ4v) is 5.60. The van der Waals surface area contributed by atoms with Crippen molar-refractivity contribution in [3.8, 4) is 0 Å². The highest BCUT2D eigenvalue weighted by Crippen LogP contribution is 2.27. The zero-order valence-corrected chi connectivity index (χ0v) is 17.7. The number of rotatable bonds is 7. The molecule has 1 aromatic rings. The van der Waals surface area contributed by atoms with E-state index in [9.17, 15) is 13.2 Å². The predicted octanol–water partition coefficient (Wildman–Crippen LogP) is 2.21. The van der Waals surface area contributed by atoms with Crippen LogP contribution in [0, 0.1) is 11.8 Å². The van der Waals surface area contributed by atoms with E-state index < -0.39 is 10.0 Å². The molecule has 2 saturated heterocycles. The van der Waals surface area contributed by atoms with Gasteiger partial charge in [0, 0.05) is 44.8 Å². The summed E-state index contributed by atoms with van der Waals surface area (Å²) in [6, 6.07) is 6.44. The van der Waals surface area contributed by atoms with Crippen LogP contribution >= 0.6 is 12.4 Å². The lowest BCUT2D eigenvalue weighted by Crippen LogP contribution is -2.33. The second-order valence-corrected chi connectivity index (χ2v) is 9.25. The first-order valence-electron chi connectivity index (χ1n) is 9.57. The van der Waals surface area contributed by atoms with Crippen LogP contribution in [0.3, 0.4) is 0 Å². The molecule has 3 rings (SSSR count). The van der Waals surface area contributed by atoms with Crippen LogP contribution < -0.4 is 5.32 Å². The number of nitrogens with zero attached hydrogens (tertiary/aromatic N) is 2. The van der Waals surface area contributed by atoms with Crippen molar-refractivity contribution in [1.29, 1.82) is 0 Å². The van der Waals surface area contributed by atoms with Gasteiger partial charge in [0.2, 0.25) is 10.0 Å². The van der Waals surface area contributed by atoms with E-state index >= 15 is 0 Å². The van der Waals surface area contributed by atoms with Gasteiger partial charge in [-0.15, -0.1) is 12.4 Å². The van der Waals surface area contributed by atoms with Crippen LogP contribution in [-0.4, -0.2) is 62.8 Å². The van der Waals surface area contributed by atoms with E-state index in [1.807, 2.05) is 18.7 Å². The molecule has 1 aromatic carbocycles. The lowest BCUT2D eigenvalue weighted by atomic mass is 10.0. The molecule has 2 heterocycles.